The number of amides is 8. The number of hydrogen-bond acceptors (Lipinski definition) is 14. The van der Waals surface area contributed by atoms with E-state index in [0.29, 0.717) is 38.6 Å². The lowest BCUT2D eigenvalue weighted by Crippen LogP contribution is -2.59. The average Bonchev–Trinajstić information content (AvgIpc) is 3.88. The highest BCUT2D eigenvalue weighted by Crippen LogP contribution is 2.25. The molecule has 0 saturated carbocycles. The monoisotopic (exact) mass is 858 g/mol. The number of hydrogen-bond donors (Lipinski definition) is 10. The molecule has 0 aromatic heterocycles. The summed E-state index contributed by atoms with van der Waals surface area (Å²) in [6.45, 7) is 2.45. The number of fused-ring (bicyclic) bond motifs is 2. The first kappa shape index (κ1) is 48.2. The van der Waals surface area contributed by atoms with Crippen LogP contribution in [0.3, 0.4) is 0 Å². The fraction of sp³-hybridized carbons (Fsp3) is 0.743. The summed E-state index contributed by atoms with van der Waals surface area (Å²) in [5.74, 6) is -7.17. The molecule has 7 atom stereocenters. The van der Waals surface area contributed by atoms with Gasteiger partial charge in [-0.15, -0.1) is 0 Å². The van der Waals surface area contributed by atoms with Gasteiger partial charge in [0, 0.05) is 24.6 Å². The quantitative estimate of drug-likeness (QED) is 0.0825. The maximum atomic E-state index is 13.9. The Labute approximate surface area is 344 Å². The first-order valence-electron chi connectivity index (χ1n) is 19.5. The fourth-order valence-corrected chi connectivity index (χ4v) is 9.03. The molecule has 21 nitrogen and oxygen atoms in total. The Morgan fingerprint density at radius 3 is 1.90 bits per heavy atom. The Morgan fingerprint density at radius 2 is 1.31 bits per heavy atom. The number of unbranched alkanes of at least 4 members (excludes halogenated alkanes) is 1. The first-order chi connectivity index (χ1) is 27.6. The van der Waals surface area contributed by atoms with Crippen molar-refractivity contribution < 1.29 is 53.4 Å². The lowest BCUT2D eigenvalue weighted by molar-refractivity contribution is -0.143. The van der Waals surface area contributed by atoms with Gasteiger partial charge >= 0.3 is 5.97 Å². The van der Waals surface area contributed by atoms with Crippen molar-refractivity contribution in [2.45, 2.75) is 108 Å². The molecule has 0 bridgehead atoms. The molecule has 23 heteroatoms. The first-order valence-corrected chi connectivity index (χ1v) is 22.0. The number of aliphatic hydroxyl groups is 1. The van der Waals surface area contributed by atoms with Crippen molar-refractivity contribution in [3.05, 3.63) is 0 Å². The summed E-state index contributed by atoms with van der Waals surface area (Å²) in [5.41, 5.74) is 11.8. The van der Waals surface area contributed by atoms with E-state index in [0.717, 1.165) is 21.6 Å². The Hall–Kier alpha value is -4.19. The molecule has 3 saturated heterocycles. The van der Waals surface area contributed by atoms with Crippen molar-refractivity contribution in [3.63, 3.8) is 0 Å². The number of nitrogens with one attached hydrogen (secondary N) is 6. The summed E-state index contributed by atoms with van der Waals surface area (Å²) in [5, 5.41) is 34.7. The van der Waals surface area contributed by atoms with Gasteiger partial charge in [0.15, 0.2) is 0 Å². The Kier molecular flexibility index (Phi) is 20.0. The van der Waals surface area contributed by atoms with E-state index < -0.39 is 115 Å². The van der Waals surface area contributed by atoms with E-state index in [4.69, 9.17) is 11.5 Å². The molecule has 8 amide bonds. The third kappa shape index (κ3) is 14.6. The molecular weight excluding hydrogens is 801 g/mol. The number of nitrogens with zero attached hydrogens (tertiary/aromatic N) is 2. The van der Waals surface area contributed by atoms with Crippen LogP contribution in [0.5, 0.6) is 0 Å². The van der Waals surface area contributed by atoms with Gasteiger partial charge in [-0.2, -0.15) is 0 Å². The molecule has 0 unspecified atom stereocenters. The minimum Gasteiger partial charge on any atom is -0.480 e. The van der Waals surface area contributed by atoms with E-state index >= 15 is 0 Å². The number of rotatable bonds is 8. The zero-order valence-electron chi connectivity index (χ0n) is 32.9. The molecule has 0 aromatic carbocycles. The van der Waals surface area contributed by atoms with Crippen LogP contribution in [-0.4, -0.2) is 166 Å². The highest BCUT2D eigenvalue weighted by atomic mass is 33.1. The van der Waals surface area contributed by atoms with Crippen molar-refractivity contribution in [1.82, 2.24) is 41.7 Å². The van der Waals surface area contributed by atoms with Crippen LogP contribution >= 0.6 is 21.6 Å². The summed E-state index contributed by atoms with van der Waals surface area (Å²) in [7, 11) is 2.08. The molecule has 326 valence electrons. The molecule has 3 aliphatic heterocycles. The van der Waals surface area contributed by atoms with Crippen molar-refractivity contribution in [2.24, 2.45) is 17.4 Å². The largest absolute Gasteiger partial charge is 0.480 e. The third-order valence-electron chi connectivity index (χ3n) is 9.78. The number of carboxylic acids is 1. The molecule has 0 aromatic rings. The number of carboxylic acid groups (broad SMARTS) is 1. The molecule has 0 aliphatic carbocycles. The number of aliphatic carboxylic acids is 1. The summed E-state index contributed by atoms with van der Waals surface area (Å²) in [4.78, 5) is 121. The van der Waals surface area contributed by atoms with Crippen LogP contribution in [0, 0.1) is 5.92 Å². The van der Waals surface area contributed by atoms with Crippen LogP contribution in [0.25, 0.3) is 0 Å². The standard InChI is InChI=1S/C35H58N10O11S2/c1-19(2)13-22-34(54)45-12-6-9-26(45)32(52)42-23(16-46)30(50)43-24(35(55)56)18-58-57-17-20(37)33(53)44-11-5-8-25(44)31(51)39-15-27(47)40-21(7-3-4-10-36)29(49)38-14-28(48)41-22/h19-26,46H,3-18,36-37H2,1-2H3,(H,38,49)(H,39,51)(H,40,47)(H,41,48)(H,42,52)(H,43,50)(H,55,56)/t20-,21-,22-,23-,24-,25-,26-/m0/s1. The Morgan fingerprint density at radius 1 is 0.741 bits per heavy atom. The molecule has 3 rings (SSSR count). The molecule has 0 radical (unpaired) electrons. The van der Waals surface area contributed by atoms with E-state index in [1.54, 1.807) is 0 Å². The van der Waals surface area contributed by atoms with Crippen LogP contribution in [-0.2, 0) is 43.2 Å². The van der Waals surface area contributed by atoms with Gasteiger partial charge in [0.1, 0.15) is 36.3 Å². The predicted molar refractivity (Wildman–Crippen MR) is 213 cm³/mol. The van der Waals surface area contributed by atoms with Crippen molar-refractivity contribution in [3.8, 4) is 0 Å². The molecule has 12 N–H and O–H groups in total. The molecular formula is C35H58N10O11S2. The smallest absolute Gasteiger partial charge is 0.327 e. The highest BCUT2D eigenvalue weighted by molar-refractivity contribution is 8.76. The second kappa shape index (κ2) is 24.0. The number of nitrogens with two attached hydrogens (primary N) is 2. The maximum absolute atomic E-state index is 13.9. The minimum absolute atomic E-state index is 0.0235. The van der Waals surface area contributed by atoms with Gasteiger partial charge < -0.3 is 63.4 Å². The number of carbonyl (C=O) groups excluding carboxylic acids is 8. The molecule has 58 heavy (non-hydrogen) atoms. The zero-order valence-corrected chi connectivity index (χ0v) is 34.5. The van der Waals surface area contributed by atoms with Gasteiger partial charge in [-0.05, 0) is 63.8 Å². The number of aliphatic hydroxyl groups excluding tert-OH is 1. The molecule has 3 heterocycles. The molecule has 0 spiro atoms. The van der Waals surface area contributed by atoms with E-state index in [2.05, 4.69) is 31.9 Å². The average molecular weight is 859 g/mol. The minimum atomic E-state index is -1.56. The lowest BCUT2D eigenvalue weighted by atomic mass is 10.0. The van der Waals surface area contributed by atoms with Crippen LogP contribution in [0.1, 0.15) is 65.2 Å². The van der Waals surface area contributed by atoms with Crippen LogP contribution < -0.4 is 43.4 Å². The van der Waals surface area contributed by atoms with Gasteiger partial charge in [0.05, 0.1) is 25.7 Å². The summed E-state index contributed by atoms with van der Waals surface area (Å²) in [6, 6.07) is -8.25. The van der Waals surface area contributed by atoms with Crippen LogP contribution in [0.2, 0.25) is 0 Å². The van der Waals surface area contributed by atoms with Crippen LogP contribution in [0.15, 0.2) is 0 Å². The zero-order chi connectivity index (χ0) is 42.9. The van der Waals surface area contributed by atoms with E-state index in [1.165, 1.54) is 9.80 Å². The van der Waals surface area contributed by atoms with Crippen LogP contribution in [0.4, 0.5) is 0 Å². The fourth-order valence-electron chi connectivity index (χ4n) is 6.76. The topological polar surface area (TPSA) is 325 Å². The number of carbonyl (C=O) groups is 9. The SMILES string of the molecule is CC(C)C[C@@H]1NC(=O)CNC(=O)[C@H](CCCCN)NC(=O)CNC(=O)[C@@H]2CCCN2C(=O)[C@@H](N)CSSC[C@@H](C(=O)O)NC(=O)[C@H](CO)NC(=O)[C@@H]2CCCN2C1=O. The molecule has 3 aliphatic rings. The van der Waals surface area contributed by atoms with Crippen molar-refractivity contribution >= 4 is 74.8 Å². The summed E-state index contributed by atoms with van der Waals surface area (Å²) >= 11 is 0. The molecule has 3 fully saturated rings. The Bertz CT molecular complexity index is 1510. The lowest BCUT2D eigenvalue weighted by Gasteiger charge is -2.30. The normalized spacial score (nSPS) is 28.5. The van der Waals surface area contributed by atoms with Gasteiger partial charge in [-0.25, -0.2) is 4.79 Å². The third-order valence-corrected chi connectivity index (χ3v) is 12.2. The second-order valence-corrected chi connectivity index (χ2v) is 17.3. The van der Waals surface area contributed by atoms with E-state index in [1.807, 2.05) is 13.8 Å². The maximum Gasteiger partial charge on any atom is 0.327 e. The highest BCUT2D eigenvalue weighted by Gasteiger charge is 2.40. The van der Waals surface area contributed by atoms with E-state index in [9.17, 15) is 53.4 Å². The second-order valence-electron chi connectivity index (χ2n) is 14.8. The van der Waals surface area contributed by atoms with Gasteiger partial charge in [-0.1, -0.05) is 35.4 Å². The van der Waals surface area contributed by atoms with Crippen molar-refractivity contribution in [1.29, 1.82) is 0 Å². The van der Waals surface area contributed by atoms with Gasteiger partial charge in [0.2, 0.25) is 47.3 Å². The van der Waals surface area contributed by atoms with E-state index in [-0.39, 0.29) is 49.8 Å². The summed E-state index contributed by atoms with van der Waals surface area (Å²) in [6.07, 6.45) is 2.82. The van der Waals surface area contributed by atoms with Gasteiger partial charge in [0.25, 0.3) is 0 Å². The van der Waals surface area contributed by atoms with Gasteiger partial charge in [-0.3, -0.25) is 38.4 Å². The predicted octanol–water partition coefficient (Wildman–Crippen LogP) is -3.89. The van der Waals surface area contributed by atoms with Crippen molar-refractivity contribution in [2.75, 3.05) is 50.8 Å². The summed E-state index contributed by atoms with van der Waals surface area (Å²) < 4.78 is 0. The Balaban J connectivity index is 1.85.